The number of hydrogen-bond donors (Lipinski definition) is 3. The predicted molar refractivity (Wildman–Crippen MR) is 133 cm³/mol. The fourth-order valence-corrected chi connectivity index (χ4v) is 5.04. The van der Waals surface area contributed by atoms with Crippen molar-refractivity contribution in [1.82, 2.24) is 10.6 Å². The van der Waals surface area contributed by atoms with Gasteiger partial charge in [-0.15, -0.1) is 0 Å². The van der Waals surface area contributed by atoms with Crippen LogP contribution in [0.5, 0.6) is 0 Å². The van der Waals surface area contributed by atoms with Crippen LogP contribution in [-0.2, 0) is 14.3 Å². The second-order valence-electron chi connectivity index (χ2n) is 10.1. The lowest BCUT2D eigenvalue weighted by Gasteiger charge is -2.22. The van der Waals surface area contributed by atoms with Crippen LogP contribution in [0.2, 0.25) is 0 Å². The molecule has 1 saturated carbocycles. The molecular weight excluding hydrogens is 444 g/mol. The van der Waals surface area contributed by atoms with Gasteiger partial charge in [0.2, 0.25) is 5.91 Å². The number of carbonyl (C=O) groups is 3. The average molecular weight is 479 g/mol. The molecule has 0 aromatic heterocycles. The molecule has 2 aliphatic rings. The Morgan fingerprint density at radius 1 is 1.00 bits per heavy atom. The molecule has 0 heterocycles. The highest BCUT2D eigenvalue weighted by Gasteiger charge is 2.34. The van der Waals surface area contributed by atoms with Gasteiger partial charge in [-0.1, -0.05) is 62.4 Å². The maximum Gasteiger partial charge on any atom is 0.407 e. The van der Waals surface area contributed by atoms with Crippen molar-refractivity contribution in [1.29, 1.82) is 0 Å². The van der Waals surface area contributed by atoms with Crippen molar-refractivity contribution in [2.75, 3.05) is 13.2 Å². The molecule has 4 rings (SSSR count). The number of ether oxygens (including phenoxy) is 1. The largest absolute Gasteiger partial charge is 0.481 e. The number of carbonyl (C=O) groups excluding carboxylic acids is 2. The number of carboxylic acids is 1. The first-order valence-electron chi connectivity index (χ1n) is 12.4. The Morgan fingerprint density at radius 3 is 2.14 bits per heavy atom. The number of fused-ring (bicyclic) bond motifs is 3. The van der Waals surface area contributed by atoms with Crippen LogP contribution in [0.4, 0.5) is 4.79 Å². The molecule has 0 saturated heterocycles. The summed E-state index contributed by atoms with van der Waals surface area (Å²) in [6.07, 6.45) is 1.88. The summed E-state index contributed by atoms with van der Waals surface area (Å²) in [6, 6.07) is 15.5. The standard InChI is InChI=1S/C28H34N2O5/c1-17(2)13-25(27(33)29-15-19(14-26(31)32)18-11-12-18)30-28(34)35-16-24-22-9-5-3-7-20(22)21-8-4-6-10-23(21)24/h3-10,17-19,24-25H,11-16H2,1-2H3,(H,29,33)(H,30,34)(H,31,32)/t19?,25-/m1/s1. The Hall–Kier alpha value is -3.35. The zero-order valence-corrected chi connectivity index (χ0v) is 20.3. The van der Waals surface area contributed by atoms with Crippen LogP contribution in [0.1, 0.15) is 56.6 Å². The quantitative estimate of drug-likeness (QED) is 0.439. The lowest BCUT2D eigenvalue weighted by molar-refractivity contribution is -0.138. The highest BCUT2D eigenvalue weighted by molar-refractivity contribution is 5.85. The number of nitrogens with one attached hydrogen (secondary N) is 2. The fraction of sp³-hybridized carbons (Fsp3) is 0.464. The summed E-state index contributed by atoms with van der Waals surface area (Å²) >= 11 is 0. The van der Waals surface area contributed by atoms with E-state index in [1.54, 1.807) is 0 Å². The molecule has 2 aliphatic carbocycles. The SMILES string of the molecule is CC(C)C[C@@H](NC(=O)OCC1c2ccccc2-c2ccccc21)C(=O)NCC(CC(=O)O)C1CC1. The van der Waals surface area contributed by atoms with Crippen molar-refractivity contribution < 1.29 is 24.2 Å². The monoisotopic (exact) mass is 478 g/mol. The molecule has 1 fully saturated rings. The molecule has 1 unspecified atom stereocenters. The summed E-state index contributed by atoms with van der Waals surface area (Å²) in [4.78, 5) is 36.8. The number of benzene rings is 2. The van der Waals surface area contributed by atoms with E-state index in [0.29, 0.717) is 18.9 Å². The molecule has 186 valence electrons. The molecule has 2 amide bonds. The molecule has 2 aromatic carbocycles. The minimum atomic E-state index is -0.855. The van der Waals surface area contributed by atoms with Crippen LogP contribution in [0.3, 0.4) is 0 Å². The third kappa shape index (κ3) is 6.21. The third-order valence-electron chi connectivity index (χ3n) is 6.92. The zero-order chi connectivity index (χ0) is 24.9. The van der Waals surface area contributed by atoms with Crippen molar-refractivity contribution in [3.63, 3.8) is 0 Å². The van der Waals surface area contributed by atoms with Crippen molar-refractivity contribution in [3.05, 3.63) is 59.7 Å². The Labute approximate surface area is 206 Å². The molecule has 0 spiro atoms. The summed E-state index contributed by atoms with van der Waals surface area (Å²) in [5.74, 6) is -0.760. The van der Waals surface area contributed by atoms with Gasteiger partial charge in [0.1, 0.15) is 12.6 Å². The van der Waals surface area contributed by atoms with Crippen molar-refractivity contribution in [2.45, 2.75) is 51.5 Å². The lowest BCUT2D eigenvalue weighted by atomic mass is 9.98. The molecule has 2 aromatic rings. The average Bonchev–Trinajstić information content (AvgIpc) is 3.62. The van der Waals surface area contributed by atoms with E-state index in [2.05, 4.69) is 34.9 Å². The number of carboxylic acid groups (broad SMARTS) is 1. The second kappa shape index (κ2) is 10.9. The fourth-order valence-electron chi connectivity index (χ4n) is 5.04. The molecule has 2 atom stereocenters. The minimum absolute atomic E-state index is 0.0413. The molecule has 0 aliphatic heterocycles. The number of amides is 2. The molecular formula is C28H34N2O5. The number of rotatable bonds is 11. The van der Waals surface area contributed by atoms with Crippen LogP contribution in [0.15, 0.2) is 48.5 Å². The summed E-state index contributed by atoms with van der Waals surface area (Å²) in [5.41, 5.74) is 4.56. The molecule has 3 N–H and O–H groups in total. The summed E-state index contributed by atoms with van der Waals surface area (Å²) < 4.78 is 5.62. The number of hydrogen-bond acceptors (Lipinski definition) is 4. The third-order valence-corrected chi connectivity index (χ3v) is 6.92. The van der Waals surface area contributed by atoms with E-state index in [0.717, 1.165) is 35.1 Å². The van der Waals surface area contributed by atoms with Gasteiger partial charge in [0.05, 0.1) is 6.42 Å². The highest BCUT2D eigenvalue weighted by atomic mass is 16.5. The molecule has 0 radical (unpaired) electrons. The Bertz CT molecular complexity index is 1030. The van der Waals surface area contributed by atoms with Gasteiger partial charge in [-0.05, 0) is 59.3 Å². The van der Waals surface area contributed by atoms with E-state index in [9.17, 15) is 14.4 Å². The van der Waals surface area contributed by atoms with Gasteiger partial charge in [0, 0.05) is 12.5 Å². The van der Waals surface area contributed by atoms with Crippen LogP contribution >= 0.6 is 0 Å². The smallest absolute Gasteiger partial charge is 0.407 e. The van der Waals surface area contributed by atoms with Crippen LogP contribution in [0.25, 0.3) is 11.1 Å². The second-order valence-corrected chi connectivity index (χ2v) is 10.1. The molecule has 7 nitrogen and oxygen atoms in total. The summed E-state index contributed by atoms with van der Waals surface area (Å²) in [7, 11) is 0. The van der Waals surface area contributed by atoms with E-state index in [1.807, 2.05) is 38.1 Å². The summed E-state index contributed by atoms with van der Waals surface area (Å²) in [5, 5.41) is 14.8. The Kier molecular flexibility index (Phi) is 7.73. The van der Waals surface area contributed by atoms with Gasteiger partial charge < -0.3 is 20.5 Å². The van der Waals surface area contributed by atoms with E-state index >= 15 is 0 Å². The van der Waals surface area contributed by atoms with Crippen molar-refractivity contribution in [2.24, 2.45) is 17.8 Å². The normalized spacial score (nSPS) is 16.2. The number of aliphatic carboxylic acids is 1. The van der Waals surface area contributed by atoms with Crippen molar-refractivity contribution in [3.8, 4) is 11.1 Å². The van der Waals surface area contributed by atoms with Crippen LogP contribution < -0.4 is 10.6 Å². The minimum Gasteiger partial charge on any atom is -0.481 e. The van der Waals surface area contributed by atoms with E-state index in [1.165, 1.54) is 0 Å². The summed E-state index contributed by atoms with van der Waals surface area (Å²) in [6.45, 7) is 4.45. The van der Waals surface area contributed by atoms with Crippen LogP contribution in [-0.4, -0.2) is 42.3 Å². The van der Waals surface area contributed by atoms with Gasteiger partial charge in [0.15, 0.2) is 0 Å². The first kappa shape index (κ1) is 24.8. The predicted octanol–water partition coefficient (Wildman–Crippen LogP) is 4.56. The first-order chi connectivity index (χ1) is 16.8. The number of alkyl carbamates (subject to hydrolysis) is 1. The van der Waals surface area contributed by atoms with Gasteiger partial charge in [-0.2, -0.15) is 0 Å². The van der Waals surface area contributed by atoms with Crippen LogP contribution in [0, 0.1) is 17.8 Å². The first-order valence-corrected chi connectivity index (χ1v) is 12.4. The Morgan fingerprint density at radius 2 is 1.60 bits per heavy atom. The van der Waals surface area contributed by atoms with Gasteiger partial charge in [0.25, 0.3) is 0 Å². The zero-order valence-electron chi connectivity index (χ0n) is 20.3. The maximum atomic E-state index is 12.9. The molecule has 35 heavy (non-hydrogen) atoms. The van der Waals surface area contributed by atoms with E-state index < -0.39 is 18.1 Å². The molecule has 7 heteroatoms. The Balaban J connectivity index is 1.36. The highest BCUT2D eigenvalue weighted by Crippen LogP contribution is 2.44. The van der Waals surface area contributed by atoms with E-state index in [-0.39, 0.29) is 36.7 Å². The maximum absolute atomic E-state index is 12.9. The molecule has 0 bridgehead atoms. The lowest BCUT2D eigenvalue weighted by Crippen LogP contribution is -2.48. The van der Waals surface area contributed by atoms with Gasteiger partial charge >= 0.3 is 12.1 Å². The topological polar surface area (TPSA) is 105 Å². The van der Waals surface area contributed by atoms with Gasteiger partial charge in [-0.25, -0.2) is 4.79 Å². The van der Waals surface area contributed by atoms with Gasteiger partial charge in [-0.3, -0.25) is 9.59 Å². The van der Waals surface area contributed by atoms with E-state index in [4.69, 9.17) is 9.84 Å². The van der Waals surface area contributed by atoms with Crippen molar-refractivity contribution >= 4 is 18.0 Å².